The Hall–Kier alpha value is -2.16. The quantitative estimate of drug-likeness (QED) is 0.166. The molecule has 3 amide bonds. The Morgan fingerprint density at radius 2 is 1.34 bits per heavy atom. The Labute approximate surface area is 192 Å². The van der Waals surface area contributed by atoms with Crippen LogP contribution < -0.4 is 22.1 Å². The van der Waals surface area contributed by atoms with E-state index >= 15 is 0 Å². The Bertz CT molecular complexity index is 557. The van der Waals surface area contributed by atoms with E-state index in [0.29, 0.717) is 19.4 Å². The van der Waals surface area contributed by atoms with E-state index in [9.17, 15) is 24.3 Å². The molecule has 0 aromatic heterocycles. The van der Waals surface area contributed by atoms with E-state index in [2.05, 4.69) is 17.6 Å². The molecule has 0 radical (unpaired) electrons. The molecule has 186 valence electrons. The highest BCUT2D eigenvalue weighted by Crippen LogP contribution is 2.11. The summed E-state index contributed by atoms with van der Waals surface area (Å²) in [5.74, 6) is -2.64. The van der Waals surface area contributed by atoms with Crippen LogP contribution in [0.15, 0.2) is 0 Å². The Kier molecular flexibility index (Phi) is 18.2. The summed E-state index contributed by atoms with van der Waals surface area (Å²) in [6, 6.07) is -2.07. The molecule has 0 saturated carbocycles. The third kappa shape index (κ3) is 16.5. The number of rotatable bonds is 21. The average molecular weight is 457 g/mol. The minimum Gasteiger partial charge on any atom is -0.480 e. The molecule has 0 heterocycles. The number of hydrogen-bond donors (Lipinski definition) is 5. The maximum atomic E-state index is 12.6. The first-order chi connectivity index (χ1) is 15.3. The second-order valence-electron chi connectivity index (χ2n) is 8.39. The molecule has 0 aromatic carbocycles. The number of carbonyl (C=O) groups is 4. The van der Waals surface area contributed by atoms with Crippen molar-refractivity contribution >= 4 is 23.7 Å². The number of carbonyl (C=O) groups excluding carboxylic acids is 3. The van der Waals surface area contributed by atoms with Crippen molar-refractivity contribution < 1.29 is 24.3 Å². The van der Waals surface area contributed by atoms with Crippen LogP contribution in [-0.2, 0) is 19.2 Å². The van der Waals surface area contributed by atoms with Crippen LogP contribution in [0.2, 0.25) is 0 Å². The molecule has 0 spiro atoms. The first-order valence-corrected chi connectivity index (χ1v) is 12.1. The minimum atomic E-state index is -1.15. The van der Waals surface area contributed by atoms with Gasteiger partial charge in [0, 0.05) is 12.8 Å². The summed E-state index contributed by atoms with van der Waals surface area (Å²) in [7, 11) is 0. The number of hydrogen-bond acceptors (Lipinski definition) is 5. The van der Waals surface area contributed by atoms with Crippen molar-refractivity contribution in [3.63, 3.8) is 0 Å². The number of carboxylic acids is 1. The third-order valence-electron chi connectivity index (χ3n) is 5.40. The number of carboxylic acid groups (broad SMARTS) is 1. The van der Waals surface area contributed by atoms with Crippen LogP contribution in [0.1, 0.15) is 103 Å². The molecule has 32 heavy (non-hydrogen) atoms. The second-order valence-corrected chi connectivity index (χ2v) is 8.39. The maximum absolute atomic E-state index is 12.6. The number of amides is 3. The first-order valence-electron chi connectivity index (χ1n) is 12.1. The van der Waals surface area contributed by atoms with Crippen LogP contribution in [0.3, 0.4) is 0 Å². The van der Waals surface area contributed by atoms with Crippen LogP contribution in [0, 0.1) is 0 Å². The predicted octanol–water partition coefficient (Wildman–Crippen LogP) is 2.36. The molecule has 9 nitrogen and oxygen atoms in total. The van der Waals surface area contributed by atoms with Gasteiger partial charge in [0.1, 0.15) is 12.1 Å². The standard InChI is InChI=1S/C23H44N4O5/c1-2-3-4-5-6-7-8-9-10-14-21(29)26-18(15-16-20(25)28)22(30)27-19(23(31)32)13-11-12-17-24/h18-19H,2-17,24H2,1H3,(H2,25,28)(H,26,29)(H,27,30)(H,31,32)/t18-,19-/m0/s1. The minimum absolute atomic E-state index is 0.0276. The van der Waals surface area contributed by atoms with Gasteiger partial charge in [0.25, 0.3) is 0 Å². The van der Waals surface area contributed by atoms with Gasteiger partial charge in [-0.25, -0.2) is 4.79 Å². The smallest absolute Gasteiger partial charge is 0.326 e. The van der Waals surface area contributed by atoms with Crippen molar-refractivity contribution in [1.29, 1.82) is 0 Å². The first kappa shape index (κ1) is 29.8. The highest BCUT2D eigenvalue weighted by atomic mass is 16.4. The van der Waals surface area contributed by atoms with E-state index in [1.54, 1.807) is 0 Å². The van der Waals surface area contributed by atoms with Crippen LogP contribution in [0.5, 0.6) is 0 Å². The molecule has 9 heteroatoms. The highest BCUT2D eigenvalue weighted by Gasteiger charge is 2.26. The Morgan fingerprint density at radius 1 is 0.750 bits per heavy atom. The fourth-order valence-corrected chi connectivity index (χ4v) is 3.44. The second kappa shape index (κ2) is 19.5. The zero-order chi connectivity index (χ0) is 24.2. The Balaban J connectivity index is 4.48. The summed E-state index contributed by atoms with van der Waals surface area (Å²) in [5.41, 5.74) is 10.6. The molecule has 7 N–H and O–H groups in total. The van der Waals surface area contributed by atoms with Crippen molar-refractivity contribution in [3.05, 3.63) is 0 Å². The normalized spacial score (nSPS) is 12.7. The summed E-state index contributed by atoms with van der Waals surface area (Å²) in [5, 5.41) is 14.4. The number of aliphatic carboxylic acids is 1. The summed E-state index contributed by atoms with van der Waals surface area (Å²) < 4.78 is 0. The van der Waals surface area contributed by atoms with Gasteiger partial charge < -0.3 is 27.2 Å². The molecule has 0 fully saturated rings. The molecule has 0 saturated heterocycles. The van der Waals surface area contributed by atoms with E-state index in [0.717, 1.165) is 25.7 Å². The highest BCUT2D eigenvalue weighted by molar-refractivity contribution is 5.90. The van der Waals surface area contributed by atoms with Gasteiger partial charge in [-0.15, -0.1) is 0 Å². The van der Waals surface area contributed by atoms with Crippen molar-refractivity contribution in [2.24, 2.45) is 11.5 Å². The van der Waals surface area contributed by atoms with Gasteiger partial charge in [0.15, 0.2) is 0 Å². The lowest BCUT2D eigenvalue weighted by Crippen LogP contribution is -2.51. The summed E-state index contributed by atoms with van der Waals surface area (Å²) in [4.78, 5) is 47.5. The fraction of sp³-hybridized carbons (Fsp3) is 0.826. The summed E-state index contributed by atoms with van der Waals surface area (Å²) in [6.07, 6.45) is 11.9. The molecular formula is C23H44N4O5. The lowest BCUT2D eigenvalue weighted by Gasteiger charge is -2.21. The molecule has 0 rings (SSSR count). The predicted molar refractivity (Wildman–Crippen MR) is 125 cm³/mol. The van der Waals surface area contributed by atoms with Gasteiger partial charge >= 0.3 is 5.97 Å². The topological polar surface area (TPSA) is 165 Å². The lowest BCUT2D eigenvalue weighted by molar-refractivity contribution is -0.142. The number of nitrogens with two attached hydrogens (primary N) is 2. The molecular weight excluding hydrogens is 412 g/mol. The van der Waals surface area contributed by atoms with E-state index < -0.39 is 29.9 Å². The third-order valence-corrected chi connectivity index (χ3v) is 5.40. The summed E-state index contributed by atoms with van der Waals surface area (Å²) in [6.45, 7) is 2.64. The zero-order valence-corrected chi connectivity index (χ0v) is 19.7. The van der Waals surface area contributed by atoms with Crippen molar-refractivity contribution in [3.8, 4) is 0 Å². The molecule has 0 aliphatic rings. The molecule has 0 aromatic rings. The molecule has 0 aliphatic carbocycles. The van der Waals surface area contributed by atoms with Crippen molar-refractivity contribution in [2.75, 3.05) is 6.54 Å². The molecule has 0 aliphatic heterocycles. The van der Waals surface area contributed by atoms with Crippen LogP contribution in [0.4, 0.5) is 0 Å². The summed E-state index contributed by atoms with van der Waals surface area (Å²) >= 11 is 0. The number of primary amides is 1. The molecule has 2 atom stereocenters. The monoisotopic (exact) mass is 456 g/mol. The fourth-order valence-electron chi connectivity index (χ4n) is 3.44. The van der Waals surface area contributed by atoms with Gasteiger partial charge in [0.05, 0.1) is 0 Å². The molecule has 0 unspecified atom stereocenters. The van der Waals surface area contributed by atoms with E-state index in [-0.39, 0.29) is 31.6 Å². The zero-order valence-electron chi connectivity index (χ0n) is 19.7. The largest absolute Gasteiger partial charge is 0.480 e. The van der Waals surface area contributed by atoms with E-state index in [1.165, 1.54) is 32.1 Å². The van der Waals surface area contributed by atoms with Gasteiger partial charge in [0.2, 0.25) is 17.7 Å². The Morgan fingerprint density at radius 3 is 1.88 bits per heavy atom. The van der Waals surface area contributed by atoms with E-state index in [1.807, 2.05) is 0 Å². The van der Waals surface area contributed by atoms with Crippen LogP contribution in [-0.4, -0.2) is 47.4 Å². The number of nitrogens with one attached hydrogen (secondary N) is 2. The van der Waals surface area contributed by atoms with Gasteiger partial charge in [-0.1, -0.05) is 58.3 Å². The van der Waals surface area contributed by atoms with E-state index in [4.69, 9.17) is 11.5 Å². The lowest BCUT2D eigenvalue weighted by atomic mass is 10.1. The average Bonchev–Trinajstić information content (AvgIpc) is 2.74. The van der Waals surface area contributed by atoms with Crippen molar-refractivity contribution in [1.82, 2.24) is 10.6 Å². The van der Waals surface area contributed by atoms with Gasteiger partial charge in [-0.2, -0.15) is 0 Å². The maximum Gasteiger partial charge on any atom is 0.326 e. The van der Waals surface area contributed by atoms with Gasteiger partial charge in [-0.05, 0) is 38.6 Å². The van der Waals surface area contributed by atoms with Crippen molar-refractivity contribution in [2.45, 2.75) is 115 Å². The molecule has 0 bridgehead atoms. The van der Waals surface area contributed by atoms with Gasteiger partial charge in [-0.3, -0.25) is 14.4 Å². The van der Waals surface area contributed by atoms with Crippen LogP contribution >= 0.6 is 0 Å². The van der Waals surface area contributed by atoms with Crippen LogP contribution in [0.25, 0.3) is 0 Å². The number of unbranched alkanes of at least 4 members (excludes halogenated alkanes) is 9. The SMILES string of the molecule is CCCCCCCCCCCC(=O)N[C@@H](CCC(N)=O)C(=O)N[C@@H](CCCCN)C(=O)O.